The number of pyridine rings is 1. The van der Waals surface area contributed by atoms with Crippen LogP contribution in [-0.4, -0.2) is 55.3 Å². The molecule has 32 heavy (non-hydrogen) atoms. The summed E-state index contributed by atoms with van der Waals surface area (Å²) < 4.78 is 7.21. The van der Waals surface area contributed by atoms with Crippen molar-refractivity contribution in [1.82, 2.24) is 29.8 Å². The van der Waals surface area contributed by atoms with Crippen LogP contribution in [0.3, 0.4) is 0 Å². The minimum absolute atomic E-state index is 0.171. The molecule has 1 aliphatic heterocycles. The Hall–Kier alpha value is -3.51. The number of amides is 1. The van der Waals surface area contributed by atoms with E-state index < -0.39 is 5.60 Å². The van der Waals surface area contributed by atoms with Crippen LogP contribution in [0.4, 0.5) is 4.79 Å². The molecule has 0 radical (unpaired) electrons. The first-order valence-electron chi connectivity index (χ1n) is 10.7. The van der Waals surface area contributed by atoms with Gasteiger partial charge in [-0.25, -0.2) is 19.3 Å². The van der Waals surface area contributed by atoms with Gasteiger partial charge in [-0.2, -0.15) is 10.4 Å². The maximum absolute atomic E-state index is 12.4. The van der Waals surface area contributed by atoms with Gasteiger partial charge in [-0.15, -0.1) is 0 Å². The van der Waals surface area contributed by atoms with E-state index in [0.29, 0.717) is 31.0 Å². The van der Waals surface area contributed by atoms with Gasteiger partial charge in [0.1, 0.15) is 5.60 Å². The number of nitriles is 1. The molecule has 3 aromatic heterocycles. The fourth-order valence-corrected chi connectivity index (χ4v) is 3.73. The Morgan fingerprint density at radius 1 is 1.38 bits per heavy atom. The molecule has 9 nitrogen and oxygen atoms in total. The summed E-state index contributed by atoms with van der Waals surface area (Å²) in [6.45, 7) is 7.51. The zero-order chi connectivity index (χ0) is 22.7. The third-order valence-corrected chi connectivity index (χ3v) is 5.25. The van der Waals surface area contributed by atoms with Gasteiger partial charge in [0.25, 0.3) is 0 Å². The molecule has 4 heterocycles. The Morgan fingerprint density at radius 3 is 3.00 bits per heavy atom. The number of carbonyl (C=O) groups is 1. The van der Waals surface area contributed by atoms with Gasteiger partial charge in [-0.05, 0) is 51.8 Å². The van der Waals surface area contributed by atoms with Gasteiger partial charge in [0.15, 0.2) is 5.82 Å². The van der Waals surface area contributed by atoms with E-state index in [1.165, 1.54) is 0 Å². The number of fused-ring (bicyclic) bond motifs is 1. The summed E-state index contributed by atoms with van der Waals surface area (Å²) in [5.74, 6) is 0.563. The van der Waals surface area contributed by atoms with Crippen molar-refractivity contribution in [1.29, 1.82) is 5.26 Å². The number of aromatic nitrogens is 4. The minimum atomic E-state index is -0.499. The second kappa shape index (κ2) is 8.93. The molecule has 1 saturated heterocycles. The Morgan fingerprint density at radius 2 is 2.22 bits per heavy atom. The lowest BCUT2D eigenvalue weighted by Gasteiger charge is -2.34. The molecule has 3 aromatic rings. The summed E-state index contributed by atoms with van der Waals surface area (Å²) in [6, 6.07) is 7.69. The number of piperidine rings is 1. The molecule has 1 N–H and O–H groups in total. The van der Waals surface area contributed by atoms with Gasteiger partial charge >= 0.3 is 6.09 Å². The number of rotatable bonds is 4. The molecule has 0 aromatic carbocycles. The van der Waals surface area contributed by atoms with Crippen LogP contribution in [0.1, 0.15) is 44.9 Å². The van der Waals surface area contributed by atoms with Crippen molar-refractivity contribution in [2.45, 2.75) is 51.8 Å². The Labute approximate surface area is 187 Å². The summed E-state index contributed by atoms with van der Waals surface area (Å²) in [4.78, 5) is 23.3. The maximum atomic E-state index is 12.4. The predicted octanol–water partition coefficient (Wildman–Crippen LogP) is 3.15. The van der Waals surface area contributed by atoms with E-state index in [4.69, 9.17) is 9.72 Å². The average Bonchev–Trinajstić information content (AvgIpc) is 3.20. The van der Waals surface area contributed by atoms with Gasteiger partial charge in [0.2, 0.25) is 0 Å². The first kappa shape index (κ1) is 21.7. The molecule has 0 aliphatic carbocycles. The second-order valence-electron chi connectivity index (χ2n) is 8.93. The minimum Gasteiger partial charge on any atom is -0.444 e. The number of nitrogens with one attached hydrogen (secondary N) is 1. The monoisotopic (exact) mass is 433 g/mol. The lowest BCUT2D eigenvalue weighted by Crippen LogP contribution is -2.49. The quantitative estimate of drug-likeness (QED) is 0.673. The molecule has 1 fully saturated rings. The molecule has 1 aliphatic rings. The molecule has 0 spiro atoms. The number of carbonyl (C=O) groups excluding carboxylic acids is 1. The lowest BCUT2D eigenvalue weighted by molar-refractivity contribution is 0.0187. The molecular weight excluding hydrogens is 406 g/mol. The highest BCUT2D eigenvalue weighted by Gasteiger charge is 2.27. The summed E-state index contributed by atoms with van der Waals surface area (Å²) in [5.41, 5.74) is 2.47. The zero-order valence-corrected chi connectivity index (χ0v) is 18.6. The van der Waals surface area contributed by atoms with E-state index in [1.807, 2.05) is 26.8 Å². The normalized spacial score (nSPS) is 16.7. The fraction of sp³-hybridized carbons (Fsp3) is 0.435. The van der Waals surface area contributed by atoms with Crippen molar-refractivity contribution in [3.05, 3.63) is 48.0 Å². The molecule has 0 unspecified atom stereocenters. The summed E-state index contributed by atoms with van der Waals surface area (Å²) >= 11 is 0. The summed E-state index contributed by atoms with van der Waals surface area (Å²) in [6.07, 6.45) is 6.84. The largest absolute Gasteiger partial charge is 0.444 e. The van der Waals surface area contributed by atoms with E-state index in [-0.39, 0.29) is 12.1 Å². The molecule has 0 bridgehead atoms. The molecule has 0 saturated carbocycles. The third kappa shape index (κ3) is 5.03. The third-order valence-electron chi connectivity index (χ3n) is 5.25. The first-order chi connectivity index (χ1) is 15.3. The summed E-state index contributed by atoms with van der Waals surface area (Å²) in [7, 11) is 0. The summed E-state index contributed by atoms with van der Waals surface area (Å²) in [5, 5.41) is 17.0. The van der Waals surface area contributed by atoms with E-state index in [2.05, 4.69) is 21.5 Å². The zero-order valence-electron chi connectivity index (χ0n) is 18.6. The van der Waals surface area contributed by atoms with Crippen molar-refractivity contribution in [2.24, 2.45) is 0 Å². The first-order valence-corrected chi connectivity index (χ1v) is 10.7. The Kier molecular flexibility index (Phi) is 6.06. The smallest absolute Gasteiger partial charge is 0.410 e. The van der Waals surface area contributed by atoms with Gasteiger partial charge in [0.05, 0.1) is 34.6 Å². The predicted molar refractivity (Wildman–Crippen MR) is 119 cm³/mol. The molecule has 4 rings (SSSR count). The van der Waals surface area contributed by atoms with Crippen molar-refractivity contribution < 1.29 is 9.53 Å². The number of nitrogens with zero attached hydrogens (tertiary/aromatic N) is 6. The highest BCUT2D eigenvalue weighted by atomic mass is 16.6. The number of ether oxygens (including phenoxy) is 1. The fourth-order valence-electron chi connectivity index (χ4n) is 3.73. The van der Waals surface area contributed by atoms with Crippen molar-refractivity contribution >= 4 is 11.6 Å². The Balaban J connectivity index is 1.43. The molecular formula is C23H27N7O2. The van der Waals surface area contributed by atoms with Crippen molar-refractivity contribution in [2.75, 3.05) is 13.1 Å². The van der Waals surface area contributed by atoms with E-state index in [9.17, 15) is 10.1 Å². The van der Waals surface area contributed by atoms with Gasteiger partial charge in [0, 0.05) is 38.1 Å². The van der Waals surface area contributed by atoms with Crippen LogP contribution in [0, 0.1) is 11.3 Å². The lowest BCUT2D eigenvalue weighted by atomic mass is 10.1. The highest BCUT2D eigenvalue weighted by molar-refractivity contribution is 5.76. The SMILES string of the molecule is CC(C)(C)OC(=O)N1CCC[C@@H](NCc2ccnc(-c3cnn4ccc(C#N)cc34)n2)C1. The van der Waals surface area contributed by atoms with Gasteiger partial charge in [-0.1, -0.05) is 0 Å². The van der Waals surface area contributed by atoms with Crippen LogP contribution >= 0.6 is 0 Å². The van der Waals surface area contributed by atoms with E-state index >= 15 is 0 Å². The van der Waals surface area contributed by atoms with Crippen LogP contribution in [-0.2, 0) is 11.3 Å². The maximum Gasteiger partial charge on any atom is 0.410 e. The van der Waals surface area contributed by atoms with Gasteiger partial charge < -0.3 is 15.0 Å². The average molecular weight is 434 g/mol. The van der Waals surface area contributed by atoms with E-state index in [1.54, 1.807) is 40.1 Å². The van der Waals surface area contributed by atoms with Crippen LogP contribution < -0.4 is 5.32 Å². The highest BCUT2D eigenvalue weighted by Crippen LogP contribution is 2.22. The van der Waals surface area contributed by atoms with Crippen molar-refractivity contribution in [3.63, 3.8) is 0 Å². The molecule has 166 valence electrons. The molecule has 1 atom stereocenters. The van der Waals surface area contributed by atoms with Gasteiger partial charge in [-0.3, -0.25) is 0 Å². The van der Waals surface area contributed by atoms with Crippen LogP contribution in [0.25, 0.3) is 16.9 Å². The van der Waals surface area contributed by atoms with E-state index in [0.717, 1.165) is 29.6 Å². The second-order valence-corrected chi connectivity index (χ2v) is 8.93. The van der Waals surface area contributed by atoms with Crippen molar-refractivity contribution in [3.8, 4) is 17.5 Å². The number of hydrogen-bond acceptors (Lipinski definition) is 7. The topological polar surface area (TPSA) is 108 Å². The van der Waals surface area contributed by atoms with Crippen LogP contribution in [0.15, 0.2) is 36.8 Å². The molecule has 1 amide bonds. The number of hydrogen-bond donors (Lipinski definition) is 1. The Bertz CT molecular complexity index is 1160. The van der Waals surface area contributed by atoms with Crippen LogP contribution in [0.5, 0.6) is 0 Å². The van der Waals surface area contributed by atoms with Crippen LogP contribution in [0.2, 0.25) is 0 Å². The number of likely N-dealkylation sites (tertiary alicyclic amines) is 1. The molecule has 9 heteroatoms. The standard InChI is InChI=1S/C23H27N7O2/c1-23(2,3)32-22(31)29-9-4-5-18(15-29)26-13-17-6-8-25-21(28-17)19-14-27-30-10-7-16(12-24)11-20(19)30/h6-8,10-11,14,18,26H,4-5,9,13,15H2,1-3H3/t18-/m1/s1.